The first-order valence-corrected chi connectivity index (χ1v) is 16.4. The molecule has 0 bridgehead atoms. The molecule has 0 atom stereocenters. The Bertz CT molecular complexity index is 2740. The normalized spacial score (nSPS) is 13.6. The van der Waals surface area contributed by atoms with Gasteiger partial charge in [0.15, 0.2) is 5.82 Å². The fourth-order valence-electron chi connectivity index (χ4n) is 8.72. The van der Waals surface area contributed by atoms with E-state index in [1.165, 1.54) is 44.5 Å². The van der Waals surface area contributed by atoms with E-state index in [-0.39, 0.29) is 0 Å². The standard InChI is InChI=1S/C45H26N2O/c1-6-21-35-27(13-1)28-14-2-7-22-36(28)45(35)37-23-8-3-15-29(37)30-18-11-20-34(42(30)45)44-46-38-24-9-4-16-31(38)43(47-44)33-19-12-26-40-41(33)32-17-5-10-25-39(32)48-40/h1-26H. The number of hydrogen-bond donors (Lipinski definition) is 0. The van der Waals surface area contributed by atoms with Crippen molar-refractivity contribution in [2.24, 2.45) is 0 Å². The third kappa shape index (κ3) is 3.18. The summed E-state index contributed by atoms with van der Waals surface area (Å²) in [5, 5.41) is 3.17. The van der Waals surface area contributed by atoms with Gasteiger partial charge in [-0.3, -0.25) is 0 Å². The van der Waals surface area contributed by atoms with Gasteiger partial charge in [-0.1, -0.05) is 140 Å². The van der Waals surface area contributed by atoms with Crippen LogP contribution in [0.15, 0.2) is 162 Å². The van der Waals surface area contributed by atoms with Crippen LogP contribution in [0.2, 0.25) is 0 Å². The van der Waals surface area contributed by atoms with Crippen molar-refractivity contribution in [1.82, 2.24) is 9.97 Å². The van der Waals surface area contributed by atoms with Crippen LogP contribution in [0.25, 0.3) is 77.7 Å². The quantitative estimate of drug-likeness (QED) is 0.195. The first kappa shape index (κ1) is 25.8. The zero-order valence-electron chi connectivity index (χ0n) is 25.8. The van der Waals surface area contributed by atoms with Gasteiger partial charge in [0.25, 0.3) is 0 Å². The summed E-state index contributed by atoms with van der Waals surface area (Å²) < 4.78 is 6.32. The number of aromatic nitrogens is 2. The van der Waals surface area contributed by atoms with Crippen molar-refractivity contribution in [3.8, 4) is 44.9 Å². The highest BCUT2D eigenvalue weighted by Gasteiger charge is 2.52. The van der Waals surface area contributed by atoms with Crippen LogP contribution >= 0.6 is 0 Å². The molecule has 11 rings (SSSR count). The van der Waals surface area contributed by atoms with E-state index < -0.39 is 5.41 Å². The molecule has 0 amide bonds. The molecule has 2 aromatic heterocycles. The lowest BCUT2D eigenvalue weighted by Crippen LogP contribution is -2.26. The minimum Gasteiger partial charge on any atom is -0.456 e. The van der Waals surface area contributed by atoms with Gasteiger partial charge in [0.05, 0.1) is 16.6 Å². The number of rotatable bonds is 2. The molecule has 0 saturated carbocycles. The first-order valence-electron chi connectivity index (χ1n) is 16.4. The average molecular weight is 611 g/mol. The first-order chi connectivity index (χ1) is 23.8. The number of nitrogens with zero attached hydrogens (tertiary/aromatic N) is 2. The molecule has 2 aliphatic carbocycles. The van der Waals surface area contributed by atoms with Gasteiger partial charge in [0.2, 0.25) is 0 Å². The fourth-order valence-corrected chi connectivity index (χ4v) is 8.72. The van der Waals surface area contributed by atoms with Crippen LogP contribution in [0.4, 0.5) is 0 Å². The molecule has 3 heteroatoms. The number of para-hydroxylation sites is 2. The molecule has 0 unspecified atom stereocenters. The highest BCUT2D eigenvalue weighted by atomic mass is 16.3. The van der Waals surface area contributed by atoms with E-state index in [2.05, 4.69) is 140 Å². The SMILES string of the molecule is c1ccc2c(c1)-c1ccccc1C21c2ccccc2-c2cccc(-c3nc(-c4cccc5oc6ccccc6c45)c4ccccc4n3)c21. The molecule has 0 fully saturated rings. The van der Waals surface area contributed by atoms with Crippen molar-refractivity contribution in [1.29, 1.82) is 0 Å². The minimum atomic E-state index is -0.494. The lowest BCUT2D eigenvalue weighted by atomic mass is 9.69. The van der Waals surface area contributed by atoms with Crippen molar-refractivity contribution < 1.29 is 4.42 Å². The molecule has 1 spiro atoms. The number of fused-ring (bicyclic) bond motifs is 14. The van der Waals surface area contributed by atoms with Gasteiger partial charge < -0.3 is 4.42 Å². The second-order valence-corrected chi connectivity index (χ2v) is 12.8. The summed E-state index contributed by atoms with van der Waals surface area (Å²) in [5.41, 5.74) is 15.4. The predicted octanol–water partition coefficient (Wildman–Crippen LogP) is 11.2. The van der Waals surface area contributed by atoms with Crippen LogP contribution in [-0.2, 0) is 5.41 Å². The Hall–Kier alpha value is -6.32. The summed E-state index contributed by atoms with van der Waals surface area (Å²) in [5.74, 6) is 0.722. The van der Waals surface area contributed by atoms with Crippen molar-refractivity contribution in [3.05, 3.63) is 180 Å². The van der Waals surface area contributed by atoms with Crippen molar-refractivity contribution >= 4 is 32.8 Å². The highest BCUT2D eigenvalue weighted by Crippen LogP contribution is 2.64. The lowest BCUT2D eigenvalue weighted by molar-refractivity contribution is 0.669. The van der Waals surface area contributed by atoms with Crippen LogP contribution in [0.5, 0.6) is 0 Å². The monoisotopic (exact) mass is 610 g/mol. The summed E-state index contributed by atoms with van der Waals surface area (Å²) in [7, 11) is 0. The van der Waals surface area contributed by atoms with Crippen molar-refractivity contribution in [2.45, 2.75) is 5.41 Å². The summed E-state index contributed by atoms with van der Waals surface area (Å²) in [6.07, 6.45) is 0. The largest absolute Gasteiger partial charge is 0.456 e. The predicted molar refractivity (Wildman–Crippen MR) is 194 cm³/mol. The van der Waals surface area contributed by atoms with Gasteiger partial charge in [-0.2, -0.15) is 0 Å². The Kier molecular flexibility index (Phi) is 5.04. The summed E-state index contributed by atoms with van der Waals surface area (Å²) in [6, 6.07) is 56.3. The molecule has 222 valence electrons. The summed E-state index contributed by atoms with van der Waals surface area (Å²) in [6.45, 7) is 0. The highest BCUT2D eigenvalue weighted by molar-refractivity contribution is 6.14. The average Bonchev–Trinajstić information content (AvgIpc) is 3.79. The Morgan fingerprint density at radius 1 is 0.396 bits per heavy atom. The third-order valence-electron chi connectivity index (χ3n) is 10.5. The lowest BCUT2D eigenvalue weighted by Gasteiger charge is -2.32. The van der Waals surface area contributed by atoms with Gasteiger partial charge in [-0.25, -0.2) is 9.97 Å². The maximum absolute atomic E-state index is 6.32. The summed E-state index contributed by atoms with van der Waals surface area (Å²) in [4.78, 5) is 10.9. The Morgan fingerprint density at radius 3 is 1.67 bits per heavy atom. The molecule has 0 aliphatic heterocycles. The van der Waals surface area contributed by atoms with Crippen LogP contribution in [0.1, 0.15) is 22.3 Å². The van der Waals surface area contributed by atoms with Gasteiger partial charge in [0.1, 0.15) is 11.2 Å². The zero-order valence-corrected chi connectivity index (χ0v) is 25.8. The molecule has 0 saturated heterocycles. The van der Waals surface area contributed by atoms with Gasteiger partial charge in [-0.05, 0) is 62.7 Å². The Labute approximate surface area is 276 Å². The molecular weight excluding hydrogens is 585 g/mol. The summed E-state index contributed by atoms with van der Waals surface area (Å²) >= 11 is 0. The van der Waals surface area contributed by atoms with Crippen LogP contribution in [-0.4, -0.2) is 9.97 Å². The molecular formula is C45H26N2O. The second kappa shape index (κ2) is 9.37. The number of hydrogen-bond acceptors (Lipinski definition) is 3. The number of furan rings is 1. The van der Waals surface area contributed by atoms with Crippen LogP contribution in [0, 0.1) is 0 Å². The minimum absolute atomic E-state index is 0.494. The van der Waals surface area contributed by atoms with E-state index in [1.54, 1.807) is 0 Å². The van der Waals surface area contributed by atoms with Gasteiger partial charge in [0, 0.05) is 27.3 Å². The van der Waals surface area contributed by atoms with Crippen molar-refractivity contribution in [2.75, 3.05) is 0 Å². The Morgan fingerprint density at radius 2 is 0.917 bits per heavy atom. The van der Waals surface area contributed by atoms with E-state index in [9.17, 15) is 0 Å². The van der Waals surface area contributed by atoms with E-state index in [0.717, 1.165) is 55.5 Å². The Balaban J connectivity index is 1.27. The zero-order chi connectivity index (χ0) is 31.4. The smallest absolute Gasteiger partial charge is 0.160 e. The molecule has 7 aromatic carbocycles. The molecule has 2 heterocycles. The molecule has 2 aliphatic rings. The molecule has 0 N–H and O–H groups in total. The van der Waals surface area contributed by atoms with Crippen molar-refractivity contribution in [3.63, 3.8) is 0 Å². The van der Waals surface area contributed by atoms with E-state index >= 15 is 0 Å². The van der Waals surface area contributed by atoms with Gasteiger partial charge in [-0.15, -0.1) is 0 Å². The molecule has 3 nitrogen and oxygen atoms in total. The second-order valence-electron chi connectivity index (χ2n) is 12.8. The van der Waals surface area contributed by atoms with Crippen LogP contribution in [0.3, 0.4) is 0 Å². The maximum Gasteiger partial charge on any atom is 0.160 e. The van der Waals surface area contributed by atoms with E-state index in [4.69, 9.17) is 14.4 Å². The van der Waals surface area contributed by atoms with Gasteiger partial charge >= 0.3 is 0 Å². The molecule has 9 aromatic rings. The van der Waals surface area contributed by atoms with Crippen LogP contribution < -0.4 is 0 Å². The third-order valence-corrected chi connectivity index (χ3v) is 10.5. The molecule has 48 heavy (non-hydrogen) atoms. The topological polar surface area (TPSA) is 38.9 Å². The van der Waals surface area contributed by atoms with E-state index in [1.807, 2.05) is 18.2 Å². The number of benzene rings is 7. The maximum atomic E-state index is 6.32. The molecule has 0 radical (unpaired) electrons. The fraction of sp³-hybridized carbons (Fsp3) is 0.0222. The van der Waals surface area contributed by atoms with E-state index in [0.29, 0.717) is 0 Å².